The minimum Gasteiger partial charge on any atom is -0.469 e. The van der Waals surface area contributed by atoms with Crippen LogP contribution in [0, 0.1) is 0 Å². The Hall–Kier alpha value is -1.61. The predicted molar refractivity (Wildman–Crippen MR) is 124 cm³/mol. The second-order valence-corrected chi connectivity index (χ2v) is 6.87. The molecular weight excluding hydrogens is 465 g/mol. The Bertz CT molecular complexity index is 677. The normalized spacial score (nSPS) is 17.3. The summed E-state index contributed by atoms with van der Waals surface area (Å²) < 4.78 is 5.41. The lowest BCUT2D eigenvalue weighted by Gasteiger charge is -2.21. The topological polar surface area (TPSA) is 65.7 Å². The van der Waals surface area contributed by atoms with E-state index in [1.807, 2.05) is 30.5 Å². The number of likely N-dealkylation sites (tertiary alicyclic amines) is 1. The molecule has 2 aromatic heterocycles. The van der Waals surface area contributed by atoms with Crippen molar-refractivity contribution in [1.29, 1.82) is 0 Å². The number of aliphatic imine (C=N–C) groups is 1. The van der Waals surface area contributed by atoms with E-state index >= 15 is 0 Å². The third-order valence-corrected chi connectivity index (χ3v) is 5.01. The van der Waals surface area contributed by atoms with E-state index in [1.54, 1.807) is 6.26 Å². The highest BCUT2D eigenvalue weighted by atomic mass is 127. The van der Waals surface area contributed by atoms with E-state index in [-0.39, 0.29) is 24.0 Å². The predicted octanol–water partition coefficient (Wildman–Crippen LogP) is 3.10. The number of rotatable bonds is 9. The molecule has 1 unspecified atom stereocenters. The number of hydrogen-bond donors (Lipinski definition) is 2. The van der Waals surface area contributed by atoms with Crippen molar-refractivity contribution in [2.24, 2.45) is 4.99 Å². The van der Waals surface area contributed by atoms with Crippen LogP contribution < -0.4 is 10.6 Å². The van der Waals surface area contributed by atoms with Crippen LogP contribution in [0.15, 0.2) is 52.2 Å². The van der Waals surface area contributed by atoms with E-state index in [0.717, 1.165) is 56.4 Å². The summed E-state index contributed by atoms with van der Waals surface area (Å²) in [5, 5.41) is 6.90. The Morgan fingerprint density at radius 1 is 1.21 bits per heavy atom. The number of nitrogens with zero attached hydrogens (tertiary/aromatic N) is 3. The average Bonchev–Trinajstić information content (AvgIpc) is 3.38. The Morgan fingerprint density at radius 2 is 2.07 bits per heavy atom. The minimum absolute atomic E-state index is 0. The first-order chi connectivity index (χ1) is 13.3. The molecule has 2 N–H and O–H groups in total. The van der Waals surface area contributed by atoms with Gasteiger partial charge in [0, 0.05) is 43.9 Å². The molecule has 0 aromatic carbocycles. The molecular formula is C21H32IN5O. The molecule has 154 valence electrons. The lowest BCUT2D eigenvalue weighted by molar-refractivity contribution is 0.273. The highest BCUT2D eigenvalue weighted by molar-refractivity contribution is 14.0. The van der Waals surface area contributed by atoms with Crippen LogP contribution in [0.1, 0.15) is 31.2 Å². The van der Waals surface area contributed by atoms with Crippen LogP contribution in [-0.4, -0.2) is 54.6 Å². The van der Waals surface area contributed by atoms with Crippen LogP contribution in [0.2, 0.25) is 0 Å². The summed E-state index contributed by atoms with van der Waals surface area (Å²) in [6, 6.07) is 10.5. The maximum Gasteiger partial charge on any atom is 0.191 e. The van der Waals surface area contributed by atoms with Crippen molar-refractivity contribution in [3.8, 4) is 0 Å². The van der Waals surface area contributed by atoms with E-state index in [9.17, 15) is 0 Å². The molecule has 0 saturated carbocycles. The van der Waals surface area contributed by atoms with Crippen molar-refractivity contribution < 1.29 is 4.42 Å². The molecule has 1 saturated heterocycles. The molecule has 6 nitrogen and oxygen atoms in total. The van der Waals surface area contributed by atoms with E-state index in [2.05, 4.69) is 33.5 Å². The van der Waals surface area contributed by atoms with Gasteiger partial charge >= 0.3 is 0 Å². The molecule has 1 atom stereocenters. The van der Waals surface area contributed by atoms with Gasteiger partial charge in [-0.15, -0.1) is 24.0 Å². The van der Waals surface area contributed by atoms with Crippen molar-refractivity contribution in [1.82, 2.24) is 20.5 Å². The van der Waals surface area contributed by atoms with Crippen molar-refractivity contribution in [2.45, 2.75) is 38.6 Å². The Balaban J connectivity index is 0.00000280. The number of guanidine groups is 1. The Kier molecular flexibility index (Phi) is 10.3. The monoisotopic (exact) mass is 497 g/mol. The highest BCUT2D eigenvalue weighted by Gasteiger charge is 2.22. The van der Waals surface area contributed by atoms with Gasteiger partial charge in [0.15, 0.2) is 5.96 Å². The summed E-state index contributed by atoms with van der Waals surface area (Å²) in [6.07, 6.45) is 7.80. The SMILES string of the molecule is CCN1CCCC1CN=C(NCCc1ccccn1)NCCc1ccco1.I. The molecule has 2 aromatic rings. The maximum absolute atomic E-state index is 5.41. The van der Waals surface area contributed by atoms with Gasteiger partial charge in [0.2, 0.25) is 0 Å². The van der Waals surface area contributed by atoms with Crippen molar-refractivity contribution in [3.63, 3.8) is 0 Å². The van der Waals surface area contributed by atoms with Gasteiger partial charge in [-0.05, 0) is 50.2 Å². The first-order valence-electron chi connectivity index (χ1n) is 10.0. The quantitative estimate of drug-likeness (QED) is 0.317. The zero-order valence-corrected chi connectivity index (χ0v) is 19.0. The smallest absolute Gasteiger partial charge is 0.191 e. The highest BCUT2D eigenvalue weighted by Crippen LogP contribution is 2.16. The molecule has 28 heavy (non-hydrogen) atoms. The van der Waals surface area contributed by atoms with Gasteiger partial charge in [-0.25, -0.2) is 0 Å². The molecule has 0 aliphatic carbocycles. The number of likely N-dealkylation sites (N-methyl/N-ethyl adjacent to an activating group) is 1. The summed E-state index contributed by atoms with van der Waals surface area (Å²) in [7, 11) is 0. The molecule has 0 radical (unpaired) electrons. The minimum atomic E-state index is 0. The lowest BCUT2D eigenvalue weighted by Crippen LogP contribution is -2.41. The fraction of sp³-hybridized carbons (Fsp3) is 0.524. The number of aromatic nitrogens is 1. The molecule has 1 aliphatic heterocycles. The van der Waals surface area contributed by atoms with Crippen LogP contribution >= 0.6 is 24.0 Å². The fourth-order valence-corrected chi connectivity index (χ4v) is 3.50. The van der Waals surface area contributed by atoms with Crippen LogP contribution in [0.3, 0.4) is 0 Å². The number of hydrogen-bond acceptors (Lipinski definition) is 4. The van der Waals surface area contributed by atoms with Gasteiger partial charge in [0.1, 0.15) is 5.76 Å². The molecule has 7 heteroatoms. The van der Waals surface area contributed by atoms with Gasteiger partial charge in [-0.1, -0.05) is 13.0 Å². The van der Waals surface area contributed by atoms with Crippen LogP contribution in [-0.2, 0) is 12.8 Å². The summed E-state index contributed by atoms with van der Waals surface area (Å²) in [5.74, 6) is 1.86. The number of furan rings is 1. The largest absolute Gasteiger partial charge is 0.469 e. The van der Waals surface area contributed by atoms with Gasteiger partial charge in [-0.3, -0.25) is 14.9 Å². The van der Waals surface area contributed by atoms with Gasteiger partial charge in [0.25, 0.3) is 0 Å². The number of halogens is 1. The van der Waals surface area contributed by atoms with E-state index < -0.39 is 0 Å². The first kappa shape index (κ1) is 22.7. The third kappa shape index (κ3) is 7.43. The molecule has 3 heterocycles. The summed E-state index contributed by atoms with van der Waals surface area (Å²) in [4.78, 5) is 11.8. The Morgan fingerprint density at radius 3 is 2.79 bits per heavy atom. The zero-order valence-electron chi connectivity index (χ0n) is 16.6. The van der Waals surface area contributed by atoms with E-state index in [0.29, 0.717) is 6.04 Å². The fourth-order valence-electron chi connectivity index (χ4n) is 3.50. The molecule has 1 fully saturated rings. The summed E-state index contributed by atoms with van der Waals surface area (Å²) in [6.45, 7) is 6.99. The van der Waals surface area contributed by atoms with Crippen LogP contribution in [0.4, 0.5) is 0 Å². The number of nitrogens with one attached hydrogen (secondary N) is 2. The van der Waals surface area contributed by atoms with Crippen molar-refractivity contribution >= 4 is 29.9 Å². The van der Waals surface area contributed by atoms with E-state index in [1.165, 1.54) is 19.4 Å². The molecule has 1 aliphatic rings. The van der Waals surface area contributed by atoms with E-state index in [4.69, 9.17) is 9.41 Å². The Labute approximate surface area is 185 Å². The second kappa shape index (κ2) is 12.8. The van der Waals surface area contributed by atoms with Gasteiger partial charge in [-0.2, -0.15) is 0 Å². The molecule has 0 amide bonds. The molecule has 0 bridgehead atoms. The molecule has 3 rings (SSSR count). The number of pyridine rings is 1. The second-order valence-electron chi connectivity index (χ2n) is 6.87. The van der Waals surface area contributed by atoms with Gasteiger partial charge < -0.3 is 15.1 Å². The van der Waals surface area contributed by atoms with Gasteiger partial charge in [0.05, 0.1) is 12.8 Å². The first-order valence-corrected chi connectivity index (χ1v) is 10.0. The third-order valence-electron chi connectivity index (χ3n) is 5.01. The summed E-state index contributed by atoms with van der Waals surface area (Å²) in [5.41, 5.74) is 1.09. The zero-order chi connectivity index (χ0) is 18.7. The standard InChI is InChI=1S/C21H31N5O.HI/c1-2-26-15-5-8-19(26)17-25-21(24-14-11-20-9-6-16-27-20)23-13-10-18-7-3-4-12-22-18;/h3-4,6-7,9,12,16,19H,2,5,8,10-11,13-15,17H2,1H3,(H2,23,24,25);1H. The van der Waals surface area contributed by atoms with Crippen LogP contribution in [0.5, 0.6) is 0 Å². The summed E-state index contributed by atoms with van der Waals surface area (Å²) >= 11 is 0. The van der Waals surface area contributed by atoms with Crippen LogP contribution in [0.25, 0.3) is 0 Å². The lowest BCUT2D eigenvalue weighted by atomic mass is 10.2. The average molecular weight is 497 g/mol. The van der Waals surface area contributed by atoms with Crippen molar-refractivity contribution in [3.05, 3.63) is 54.2 Å². The molecule has 0 spiro atoms. The van der Waals surface area contributed by atoms with Crippen molar-refractivity contribution in [2.75, 3.05) is 32.7 Å². The maximum atomic E-state index is 5.41.